The van der Waals surface area contributed by atoms with Crippen molar-refractivity contribution in [2.45, 2.75) is 18.7 Å². The number of hydrogen-bond acceptors (Lipinski definition) is 8. The van der Waals surface area contributed by atoms with Crippen molar-refractivity contribution in [2.75, 3.05) is 24.3 Å². The Morgan fingerprint density at radius 3 is 2.45 bits per heavy atom. The Balaban J connectivity index is 1.79. The van der Waals surface area contributed by atoms with Crippen molar-refractivity contribution in [3.8, 4) is 5.75 Å². The van der Waals surface area contributed by atoms with Gasteiger partial charge < -0.3 is 20.7 Å². The van der Waals surface area contributed by atoms with Crippen molar-refractivity contribution in [1.82, 2.24) is 15.3 Å². The molecule has 0 spiro atoms. The Morgan fingerprint density at radius 1 is 1.09 bits per heavy atom. The van der Waals surface area contributed by atoms with Crippen LogP contribution in [0.2, 0.25) is 5.02 Å². The van der Waals surface area contributed by atoms with Gasteiger partial charge in [0.2, 0.25) is 16.0 Å². The predicted octanol–water partition coefficient (Wildman–Crippen LogP) is 3.01. The number of aryl methyl sites for hydroxylation is 2. The van der Waals surface area contributed by atoms with Crippen molar-refractivity contribution < 1.29 is 17.9 Å². The van der Waals surface area contributed by atoms with Crippen LogP contribution in [-0.4, -0.2) is 37.9 Å². The number of hydrogen-bond donors (Lipinski definition) is 4. The molecule has 0 aliphatic carbocycles. The molecule has 0 aliphatic heterocycles. The first-order chi connectivity index (χ1) is 15.6. The molecule has 2 aromatic carbocycles. The SMILES string of the molecule is CNC(=O)COc1ccc(Nc2nc(Nc3ccc(C)c(S(N)(=O)=O)c3)ncc2C)cc1Cl. The largest absolute Gasteiger partial charge is 0.482 e. The molecule has 3 aromatic rings. The van der Waals surface area contributed by atoms with Crippen LogP contribution in [0.1, 0.15) is 11.1 Å². The maximum Gasteiger partial charge on any atom is 0.257 e. The molecule has 0 saturated heterocycles. The van der Waals surface area contributed by atoms with Gasteiger partial charge in [-0.05, 0) is 49.7 Å². The zero-order valence-electron chi connectivity index (χ0n) is 18.1. The van der Waals surface area contributed by atoms with Gasteiger partial charge in [-0.3, -0.25) is 4.79 Å². The Bertz CT molecular complexity index is 1300. The first-order valence-corrected chi connectivity index (χ1v) is 11.6. The predicted molar refractivity (Wildman–Crippen MR) is 127 cm³/mol. The lowest BCUT2D eigenvalue weighted by Gasteiger charge is -2.13. The number of amides is 1. The van der Waals surface area contributed by atoms with E-state index in [1.165, 1.54) is 13.1 Å². The summed E-state index contributed by atoms with van der Waals surface area (Å²) in [5, 5.41) is 14.2. The molecule has 1 heterocycles. The summed E-state index contributed by atoms with van der Waals surface area (Å²) in [6.45, 7) is 3.35. The summed E-state index contributed by atoms with van der Waals surface area (Å²) in [5.74, 6) is 0.873. The highest BCUT2D eigenvalue weighted by Gasteiger charge is 2.13. The molecule has 1 amide bonds. The quantitative estimate of drug-likeness (QED) is 0.376. The van der Waals surface area contributed by atoms with Gasteiger partial charge in [-0.2, -0.15) is 4.98 Å². The van der Waals surface area contributed by atoms with Gasteiger partial charge in [-0.1, -0.05) is 17.7 Å². The summed E-state index contributed by atoms with van der Waals surface area (Å²) in [7, 11) is -2.34. The van der Waals surface area contributed by atoms with Crippen LogP contribution >= 0.6 is 11.6 Å². The van der Waals surface area contributed by atoms with Crippen molar-refractivity contribution >= 4 is 50.7 Å². The van der Waals surface area contributed by atoms with Crippen LogP contribution in [0.5, 0.6) is 5.75 Å². The van der Waals surface area contributed by atoms with E-state index in [9.17, 15) is 13.2 Å². The normalized spacial score (nSPS) is 11.1. The van der Waals surface area contributed by atoms with Crippen LogP contribution < -0.4 is 25.8 Å². The number of primary sulfonamides is 1. The van der Waals surface area contributed by atoms with Crippen LogP contribution in [0.3, 0.4) is 0 Å². The second-order valence-electron chi connectivity index (χ2n) is 7.11. The zero-order valence-corrected chi connectivity index (χ0v) is 19.7. The van der Waals surface area contributed by atoms with E-state index in [2.05, 4.69) is 25.9 Å². The van der Waals surface area contributed by atoms with Gasteiger partial charge in [-0.25, -0.2) is 18.5 Å². The third-order valence-electron chi connectivity index (χ3n) is 4.55. The molecule has 0 radical (unpaired) electrons. The van der Waals surface area contributed by atoms with E-state index in [0.717, 1.165) is 5.56 Å². The first kappa shape index (κ1) is 24.2. The van der Waals surface area contributed by atoms with Crippen molar-refractivity contribution in [2.24, 2.45) is 5.14 Å². The molecule has 5 N–H and O–H groups in total. The van der Waals surface area contributed by atoms with E-state index >= 15 is 0 Å². The maximum atomic E-state index is 11.8. The lowest BCUT2D eigenvalue weighted by Crippen LogP contribution is -2.24. The molecule has 12 heteroatoms. The lowest BCUT2D eigenvalue weighted by atomic mass is 10.2. The van der Waals surface area contributed by atoms with E-state index in [1.807, 2.05) is 6.92 Å². The Kier molecular flexibility index (Phi) is 7.36. The number of benzene rings is 2. The fourth-order valence-electron chi connectivity index (χ4n) is 2.79. The molecule has 0 fully saturated rings. The van der Waals surface area contributed by atoms with Crippen molar-refractivity contribution in [3.05, 3.63) is 58.7 Å². The van der Waals surface area contributed by atoms with E-state index < -0.39 is 10.0 Å². The summed E-state index contributed by atoms with van der Waals surface area (Å²) in [4.78, 5) is 20.1. The standard InChI is InChI=1S/C21H23ClN6O4S/c1-12-4-5-15(9-18(12)33(23,30)31)27-21-25-10-13(2)20(28-21)26-14-6-7-17(16(22)8-14)32-11-19(29)24-3/h4-10H,11H2,1-3H3,(H,24,29)(H2,23,30,31)(H2,25,26,27,28). The van der Waals surface area contributed by atoms with Crippen LogP contribution in [0.15, 0.2) is 47.5 Å². The fraction of sp³-hybridized carbons (Fsp3) is 0.190. The average Bonchev–Trinajstić information content (AvgIpc) is 2.75. The summed E-state index contributed by atoms with van der Waals surface area (Å²) < 4.78 is 28.9. The number of nitrogens with zero attached hydrogens (tertiary/aromatic N) is 2. The van der Waals surface area contributed by atoms with Gasteiger partial charge in [0, 0.05) is 30.2 Å². The molecule has 33 heavy (non-hydrogen) atoms. The van der Waals surface area contributed by atoms with E-state index in [1.54, 1.807) is 43.5 Å². The smallest absolute Gasteiger partial charge is 0.257 e. The maximum absolute atomic E-state index is 11.8. The first-order valence-electron chi connectivity index (χ1n) is 9.71. The van der Waals surface area contributed by atoms with Gasteiger partial charge in [0.05, 0.1) is 9.92 Å². The number of sulfonamides is 1. The third-order valence-corrected chi connectivity index (χ3v) is 5.90. The summed E-state index contributed by atoms with van der Waals surface area (Å²) in [5.41, 5.74) is 2.42. The topological polar surface area (TPSA) is 148 Å². The number of ether oxygens (including phenoxy) is 1. The van der Waals surface area contributed by atoms with E-state index in [-0.39, 0.29) is 23.4 Å². The highest BCUT2D eigenvalue weighted by Crippen LogP contribution is 2.30. The monoisotopic (exact) mass is 490 g/mol. The Morgan fingerprint density at radius 2 is 1.79 bits per heavy atom. The zero-order chi connectivity index (χ0) is 24.2. The number of rotatable bonds is 8. The van der Waals surface area contributed by atoms with Crippen LogP contribution in [0.4, 0.5) is 23.1 Å². The second kappa shape index (κ2) is 10.0. The summed E-state index contributed by atoms with van der Waals surface area (Å²) in [6.07, 6.45) is 1.62. The van der Waals surface area contributed by atoms with Gasteiger partial charge in [0.15, 0.2) is 6.61 Å². The molecular weight excluding hydrogens is 468 g/mol. The van der Waals surface area contributed by atoms with Crippen LogP contribution in [0.25, 0.3) is 0 Å². The minimum absolute atomic E-state index is 0.0197. The molecule has 0 aliphatic rings. The molecular formula is C21H23ClN6O4S. The van der Waals surface area contributed by atoms with Gasteiger partial charge >= 0.3 is 0 Å². The molecule has 174 valence electrons. The van der Waals surface area contributed by atoms with Gasteiger partial charge in [-0.15, -0.1) is 0 Å². The minimum Gasteiger partial charge on any atom is -0.482 e. The van der Waals surface area contributed by atoms with Crippen molar-refractivity contribution in [1.29, 1.82) is 0 Å². The highest BCUT2D eigenvalue weighted by atomic mass is 35.5. The van der Waals surface area contributed by atoms with Crippen molar-refractivity contribution in [3.63, 3.8) is 0 Å². The number of halogens is 1. The number of carbonyl (C=O) groups excluding carboxylic acids is 1. The van der Waals surface area contributed by atoms with Gasteiger partial charge in [0.25, 0.3) is 5.91 Å². The Hall–Kier alpha value is -3.41. The minimum atomic E-state index is -3.86. The lowest BCUT2D eigenvalue weighted by molar-refractivity contribution is -0.122. The molecule has 0 unspecified atom stereocenters. The molecule has 0 saturated carbocycles. The molecule has 0 bridgehead atoms. The number of nitrogens with one attached hydrogen (secondary N) is 3. The van der Waals surface area contributed by atoms with Crippen LogP contribution in [-0.2, 0) is 14.8 Å². The Labute approximate surface area is 196 Å². The van der Waals surface area contributed by atoms with E-state index in [0.29, 0.717) is 33.5 Å². The summed E-state index contributed by atoms with van der Waals surface area (Å²) in [6, 6.07) is 9.80. The number of carbonyl (C=O) groups is 1. The van der Waals surface area contributed by atoms with Crippen LogP contribution in [0, 0.1) is 13.8 Å². The number of aromatic nitrogens is 2. The average molecular weight is 491 g/mol. The molecule has 10 nitrogen and oxygen atoms in total. The highest BCUT2D eigenvalue weighted by molar-refractivity contribution is 7.89. The summed E-state index contributed by atoms with van der Waals surface area (Å²) >= 11 is 6.26. The molecule has 0 atom stereocenters. The molecule has 1 aromatic heterocycles. The number of anilines is 4. The van der Waals surface area contributed by atoms with Gasteiger partial charge in [0.1, 0.15) is 11.6 Å². The number of nitrogens with two attached hydrogens (primary N) is 1. The second-order valence-corrected chi connectivity index (χ2v) is 9.04. The molecule has 3 rings (SSSR count). The van der Waals surface area contributed by atoms with E-state index in [4.69, 9.17) is 21.5 Å². The fourth-order valence-corrected chi connectivity index (χ4v) is 3.83. The third kappa shape index (κ3) is 6.31. The number of likely N-dealkylation sites (N-methyl/N-ethyl adjacent to an activating group) is 1.